The highest BCUT2D eigenvalue weighted by molar-refractivity contribution is 5.20. The van der Waals surface area contributed by atoms with Crippen LogP contribution < -0.4 is 5.32 Å². The van der Waals surface area contributed by atoms with Gasteiger partial charge in [-0.15, -0.1) is 0 Å². The van der Waals surface area contributed by atoms with E-state index < -0.39 is 0 Å². The summed E-state index contributed by atoms with van der Waals surface area (Å²) in [4.78, 5) is 0. The van der Waals surface area contributed by atoms with Crippen molar-refractivity contribution >= 4 is 0 Å². The Morgan fingerprint density at radius 3 is 2.88 bits per heavy atom. The van der Waals surface area contributed by atoms with Crippen molar-refractivity contribution in [3.05, 3.63) is 35.6 Å². The monoisotopic (exact) mass is 221 g/mol. The van der Waals surface area contributed by atoms with Crippen LogP contribution in [0.3, 0.4) is 0 Å². The fourth-order valence-corrected chi connectivity index (χ4v) is 2.51. The van der Waals surface area contributed by atoms with Crippen LogP contribution in [0.5, 0.6) is 0 Å². The minimum absolute atomic E-state index is 0.0681. The largest absolute Gasteiger partial charge is 0.311 e. The predicted octanol–water partition coefficient (Wildman–Crippen LogP) is 3.29. The first-order valence-electron chi connectivity index (χ1n) is 6.18. The Labute approximate surface area is 97.1 Å². The van der Waals surface area contributed by atoms with E-state index in [9.17, 15) is 4.39 Å². The molecule has 2 heteroatoms. The second kappa shape index (κ2) is 4.96. The number of hydrogen-bond donors (Lipinski definition) is 1. The van der Waals surface area contributed by atoms with Gasteiger partial charge in [0.05, 0.1) is 0 Å². The Kier molecular flexibility index (Phi) is 3.59. The van der Waals surface area contributed by atoms with Crippen molar-refractivity contribution in [1.82, 2.24) is 5.32 Å². The Balaban J connectivity index is 2.10. The third-order valence-electron chi connectivity index (χ3n) is 3.50. The molecule has 1 saturated heterocycles. The molecule has 0 aliphatic carbocycles. The average Bonchev–Trinajstić information content (AvgIpc) is 2.47. The van der Waals surface area contributed by atoms with Crippen molar-refractivity contribution in [3.63, 3.8) is 0 Å². The molecule has 1 nitrogen and oxygen atoms in total. The zero-order valence-corrected chi connectivity index (χ0v) is 9.93. The summed E-state index contributed by atoms with van der Waals surface area (Å²) >= 11 is 0. The lowest BCUT2D eigenvalue weighted by atomic mass is 9.88. The second-order valence-electron chi connectivity index (χ2n) is 5.07. The van der Waals surface area contributed by atoms with Crippen LogP contribution >= 0.6 is 0 Å². The van der Waals surface area contributed by atoms with Crippen LogP contribution in [-0.2, 0) is 6.42 Å². The molecule has 1 aliphatic heterocycles. The van der Waals surface area contributed by atoms with Gasteiger partial charge in [0.15, 0.2) is 0 Å². The number of hydrogen-bond acceptors (Lipinski definition) is 1. The van der Waals surface area contributed by atoms with Gasteiger partial charge in [-0.25, -0.2) is 4.39 Å². The van der Waals surface area contributed by atoms with Gasteiger partial charge in [-0.2, -0.15) is 0 Å². The first-order valence-corrected chi connectivity index (χ1v) is 6.18. The van der Waals surface area contributed by atoms with E-state index in [1.165, 1.54) is 19.3 Å². The maximum Gasteiger partial charge on any atom is 0.126 e. The first-order chi connectivity index (χ1) is 7.70. The Morgan fingerprint density at radius 1 is 1.25 bits per heavy atom. The molecule has 16 heavy (non-hydrogen) atoms. The van der Waals surface area contributed by atoms with Gasteiger partial charge in [-0.05, 0) is 44.4 Å². The Bertz CT molecular complexity index is 340. The molecule has 0 amide bonds. The molecular formula is C14H20FN. The molecule has 1 fully saturated rings. The van der Waals surface area contributed by atoms with Gasteiger partial charge in [-0.3, -0.25) is 0 Å². The van der Waals surface area contributed by atoms with Gasteiger partial charge in [-0.1, -0.05) is 31.0 Å². The lowest BCUT2D eigenvalue weighted by Crippen LogP contribution is -2.43. The van der Waals surface area contributed by atoms with Crippen molar-refractivity contribution in [3.8, 4) is 0 Å². The van der Waals surface area contributed by atoms with Gasteiger partial charge in [0, 0.05) is 5.54 Å². The maximum absolute atomic E-state index is 13.6. The smallest absolute Gasteiger partial charge is 0.126 e. The summed E-state index contributed by atoms with van der Waals surface area (Å²) in [7, 11) is 0. The first kappa shape index (κ1) is 11.6. The lowest BCUT2D eigenvalue weighted by Gasteiger charge is -2.29. The molecule has 0 spiro atoms. The number of benzene rings is 1. The lowest BCUT2D eigenvalue weighted by molar-refractivity contribution is 0.341. The third kappa shape index (κ3) is 2.82. The predicted molar refractivity (Wildman–Crippen MR) is 65.0 cm³/mol. The molecule has 1 N–H and O–H groups in total. The minimum atomic E-state index is -0.0743. The van der Waals surface area contributed by atoms with Crippen LogP contribution in [0.2, 0.25) is 0 Å². The third-order valence-corrected chi connectivity index (χ3v) is 3.50. The average molecular weight is 221 g/mol. The van der Waals surface area contributed by atoms with Gasteiger partial charge in [0.1, 0.15) is 5.82 Å². The highest BCUT2D eigenvalue weighted by atomic mass is 19.1. The van der Waals surface area contributed by atoms with Gasteiger partial charge in [0.25, 0.3) is 0 Å². The fraction of sp³-hybridized carbons (Fsp3) is 0.571. The zero-order chi connectivity index (χ0) is 11.4. The zero-order valence-electron chi connectivity index (χ0n) is 9.93. The molecule has 1 atom stereocenters. The van der Waals surface area contributed by atoms with E-state index in [0.717, 1.165) is 24.9 Å². The molecule has 1 heterocycles. The maximum atomic E-state index is 13.6. The normalized spacial score (nSPS) is 26.4. The highest BCUT2D eigenvalue weighted by Crippen LogP contribution is 2.24. The van der Waals surface area contributed by atoms with Crippen molar-refractivity contribution < 1.29 is 4.39 Å². The molecule has 1 aromatic carbocycles. The van der Waals surface area contributed by atoms with Crippen molar-refractivity contribution in [2.75, 3.05) is 6.54 Å². The second-order valence-corrected chi connectivity index (χ2v) is 5.07. The Hall–Kier alpha value is -0.890. The van der Waals surface area contributed by atoms with Gasteiger partial charge >= 0.3 is 0 Å². The van der Waals surface area contributed by atoms with Crippen LogP contribution in [0.15, 0.2) is 24.3 Å². The van der Waals surface area contributed by atoms with Gasteiger partial charge < -0.3 is 5.32 Å². The molecular weight excluding hydrogens is 201 g/mol. The number of halogens is 1. The van der Waals surface area contributed by atoms with E-state index in [-0.39, 0.29) is 11.4 Å². The summed E-state index contributed by atoms with van der Waals surface area (Å²) in [6, 6.07) is 7.11. The fourth-order valence-electron chi connectivity index (χ4n) is 2.51. The summed E-state index contributed by atoms with van der Waals surface area (Å²) < 4.78 is 13.6. The van der Waals surface area contributed by atoms with Crippen LogP contribution in [0.1, 0.15) is 38.2 Å². The molecule has 0 aromatic heterocycles. The quantitative estimate of drug-likeness (QED) is 0.808. The molecule has 0 saturated carbocycles. The molecule has 0 bridgehead atoms. The SMILES string of the molecule is CC1(Cc2ccccc2F)CCCCCN1. The summed E-state index contributed by atoms with van der Waals surface area (Å²) in [5, 5.41) is 3.57. The van der Waals surface area contributed by atoms with E-state index >= 15 is 0 Å². The van der Waals surface area contributed by atoms with Crippen LogP contribution in [0, 0.1) is 5.82 Å². The van der Waals surface area contributed by atoms with E-state index in [4.69, 9.17) is 0 Å². The van der Waals surface area contributed by atoms with Crippen LogP contribution in [0.4, 0.5) is 4.39 Å². The summed E-state index contributed by atoms with van der Waals surface area (Å²) in [5.74, 6) is -0.0743. The molecule has 1 unspecified atom stereocenters. The standard InChI is InChI=1S/C14H20FN/c1-14(9-5-2-6-10-16-14)11-12-7-3-4-8-13(12)15/h3-4,7-8,16H,2,5-6,9-11H2,1H3. The molecule has 0 radical (unpaired) electrons. The molecule has 88 valence electrons. The van der Waals surface area contributed by atoms with Crippen LogP contribution in [-0.4, -0.2) is 12.1 Å². The number of rotatable bonds is 2. The molecule has 1 aromatic rings. The Morgan fingerprint density at radius 2 is 2.06 bits per heavy atom. The molecule has 1 aliphatic rings. The summed E-state index contributed by atoms with van der Waals surface area (Å²) in [6.45, 7) is 3.27. The molecule has 2 rings (SSSR count). The number of nitrogens with one attached hydrogen (secondary N) is 1. The van der Waals surface area contributed by atoms with Crippen molar-refractivity contribution in [2.45, 2.75) is 44.6 Å². The van der Waals surface area contributed by atoms with E-state index in [1.54, 1.807) is 12.1 Å². The van der Waals surface area contributed by atoms with Crippen LogP contribution in [0.25, 0.3) is 0 Å². The van der Waals surface area contributed by atoms with E-state index in [2.05, 4.69) is 12.2 Å². The van der Waals surface area contributed by atoms with E-state index in [1.807, 2.05) is 12.1 Å². The summed E-state index contributed by atoms with van der Waals surface area (Å²) in [5.41, 5.74) is 0.901. The topological polar surface area (TPSA) is 12.0 Å². The summed E-state index contributed by atoms with van der Waals surface area (Å²) in [6.07, 6.45) is 5.71. The highest BCUT2D eigenvalue weighted by Gasteiger charge is 2.26. The van der Waals surface area contributed by atoms with Crippen molar-refractivity contribution in [1.29, 1.82) is 0 Å². The van der Waals surface area contributed by atoms with Gasteiger partial charge in [0.2, 0.25) is 0 Å². The van der Waals surface area contributed by atoms with E-state index in [0.29, 0.717) is 0 Å². The van der Waals surface area contributed by atoms with Crippen molar-refractivity contribution in [2.24, 2.45) is 0 Å². The minimum Gasteiger partial charge on any atom is -0.311 e.